The summed E-state index contributed by atoms with van der Waals surface area (Å²) in [6, 6.07) is 0. The van der Waals surface area contributed by atoms with E-state index < -0.39 is 0 Å². The van der Waals surface area contributed by atoms with Gasteiger partial charge in [-0.2, -0.15) is 0 Å². The molecule has 2 rings (SSSR count). The van der Waals surface area contributed by atoms with Gasteiger partial charge >= 0.3 is 0 Å². The molecule has 0 radical (unpaired) electrons. The Balaban J connectivity index is 2.66. The molecule has 0 fully saturated rings. The lowest BCUT2D eigenvalue weighted by Gasteiger charge is -2.32. The number of benzene rings is 1. The molecule has 0 unspecified atom stereocenters. The van der Waals surface area contributed by atoms with Crippen LogP contribution in [-0.4, -0.2) is 10.2 Å². The summed E-state index contributed by atoms with van der Waals surface area (Å²) in [4.78, 5) is 0. The van der Waals surface area contributed by atoms with Crippen molar-refractivity contribution in [2.45, 2.75) is 52.4 Å². The molecule has 2 atom stereocenters. The van der Waals surface area contributed by atoms with Gasteiger partial charge in [0.2, 0.25) is 0 Å². The van der Waals surface area contributed by atoms with E-state index in [1.165, 1.54) is 5.57 Å². The number of aromatic hydroxyl groups is 2. The smallest absolute Gasteiger partial charge is 0.136 e. The third kappa shape index (κ3) is 3.72. The Hall–Kier alpha value is -0.240. The molecule has 0 aliphatic heterocycles. The van der Waals surface area contributed by atoms with E-state index in [-0.39, 0.29) is 23.3 Å². The van der Waals surface area contributed by atoms with Gasteiger partial charge in [-0.3, -0.25) is 0 Å². The van der Waals surface area contributed by atoms with Crippen LogP contribution in [0.2, 0.25) is 0 Å². The van der Waals surface area contributed by atoms with E-state index in [9.17, 15) is 10.2 Å². The van der Waals surface area contributed by atoms with Crippen molar-refractivity contribution >= 4 is 45.2 Å². The highest BCUT2D eigenvalue weighted by molar-refractivity contribution is 14.1. The van der Waals surface area contributed by atoms with Gasteiger partial charge in [0.25, 0.3) is 0 Å². The number of phenols is 2. The fourth-order valence-electron chi connectivity index (χ4n) is 3.42. The van der Waals surface area contributed by atoms with Crippen LogP contribution in [-0.2, 0) is 6.42 Å². The van der Waals surface area contributed by atoms with Crippen LogP contribution < -0.4 is 0 Å². The molecule has 1 aliphatic carbocycles. The number of rotatable bonds is 4. The molecule has 0 aromatic heterocycles. The molecule has 1 aromatic rings. The molecule has 0 saturated carbocycles. The molecular formula is C19H24I2O2. The second-order valence-electron chi connectivity index (χ2n) is 6.50. The first-order valence-corrected chi connectivity index (χ1v) is 10.2. The average Bonchev–Trinajstić information content (AvgIpc) is 2.49. The maximum absolute atomic E-state index is 10.8. The number of phenolic OH excluding ortho intramolecular Hbond substituents is 2. The van der Waals surface area contributed by atoms with Gasteiger partial charge in [-0.25, -0.2) is 0 Å². The monoisotopic (exact) mass is 538 g/mol. The molecule has 0 amide bonds. The Morgan fingerprint density at radius 2 is 1.83 bits per heavy atom. The quantitative estimate of drug-likeness (QED) is 0.351. The Bertz CT molecular complexity index is 633. The van der Waals surface area contributed by atoms with Crippen molar-refractivity contribution < 1.29 is 10.2 Å². The predicted octanol–water partition coefficient (Wildman–Crippen LogP) is 6.28. The topological polar surface area (TPSA) is 40.5 Å². The molecule has 1 aliphatic rings. The van der Waals surface area contributed by atoms with Gasteiger partial charge < -0.3 is 10.2 Å². The molecule has 0 bridgehead atoms. The summed E-state index contributed by atoms with van der Waals surface area (Å²) in [5.41, 5.74) is 4.15. The van der Waals surface area contributed by atoms with E-state index >= 15 is 0 Å². The largest absolute Gasteiger partial charge is 0.506 e. The van der Waals surface area contributed by atoms with Crippen molar-refractivity contribution in [2.24, 2.45) is 5.92 Å². The van der Waals surface area contributed by atoms with Crippen molar-refractivity contribution in [3.63, 3.8) is 0 Å². The molecule has 2 nitrogen and oxygen atoms in total. The minimum atomic E-state index is -0.000964. The lowest BCUT2D eigenvalue weighted by Crippen LogP contribution is -2.18. The first-order valence-electron chi connectivity index (χ1n) is 8.03. The van der Waals surface area contributed by atoms with Gasteiger partial charge in [0, 0.05) is 11.5 Å². The molecule has 1 aromatic carbocycles. The number of hydrogen-bond acceptors (Lipinski definition) is 2. The van der Waals surface area contributed by atoms with E-state index in [0.29, 0.717) is 5.56 Å². The lowest BCUT2D eigenvalue weighted by atomic mass is 9.73. The van der Waals surface area contributed by atoms with Crippen LogP contribution in [0, 0.1) is 13.1 Å². The van der Waals surface area contributed by atoms with Crippen LogP contribution in [0.25, 0.3) is 0 Å². The molecule has 0 saturated heterocycles. The maximum atomic E-state index is 10.8. The summed E-state index contributed by atoms with van der Waals surface area (Å²) in [6.45, 7) is 10.4. The Labute approximate surface area is 166 Å². The molecular weight excluding hydrogens is 514 g/mol. The Kier molecular flexibility index (Phi) is 6.44. The zero-order chi connectivity index (χ0) is 17.3. The van der Waals surface area contributed by atoms with Gasteiger partial charge in [0.15, 0.2) is 0 Å². The summed E-state index contributed by atoms with van der Waals surface area (Å²) >= 11 is 4.43. The SMILES string of the molecule is C=C(C)[C@@H]1CCC(C)=C[C@H]1c1c(O)c(I)c(CCC)c(I)c1O. The molecule has 126 valence electrons. The first-order chi connectivity index (χ1) is 10.8. The van der Waals surface area contributed by atoms with E-state index in [1.54, 1.807) is 0 Å². The van der Waals surface area contributed by atoms with Gasteiger partial charge in [0.05, 0.1) is 7.14 Å². The van der Waals surface area contributed by atoms with Crippen LogP contribution in [0.15, 0.2) is 23.8 Å². The van der Waals surface area contributed by atoms with Crippen molar-refractivity contribution in [3.05, 3.63) is 42.1 Å². The minimum Gasteiger partial charge on any atom is -0.506 e. The Morgan fingerprint density at radius 1 is 1.26 bits per heavy atom. The second kappa shape index (κ2) is 7.76. The number of hydrogen-bond donors (Lipinski definition) is 2. The summed E-state index contributed by atoms with van der Waals surface area (Å²) in [5.74, 6) is 0.751. The van der Waals surface area contributed by atoms with Gasteiger partial charge in [-0.1, -0.05) is 37.1 Å². The summed E-state index contributed by atoms with van der Waals surface area (Å²) < 4.78 is 1.75. The number of halogens is 2. The fourth-order valence-corrected chi connectivity index (χ4v) is 5.60. The Morgan fingerprint density at radius 3 is 2.30 bits per heavy atom. The van der Waals surface area contributed by atoms with Crippen molar-refractivity contribution in [1.82, 2.24) is 0 Å². The molecule has 2 N–H and O–H groups in total. The second-order valence-corrected chi connectivity index (χ2v) is 8.66. The third-order valence-electron chi connectivity index (χ3n) is 4.67. The highest BCUT2D eigenvalue weighted by atomic mass is 127. The average molecular weight is 538 g/mol. The highest BCUT2D eigenvalue weighted by Crippen LogP contribution is 2.50. The van der Waals surface area contributed by atoms with E-state index in [0.717, 1.165) is 44.0 Å². The minimum absolute atomic E-state index is 0.000964. The molecule has 0 heterocycles. The summed E-state index contributed by atoms with van der Waals surface area (Å²) in [7, 11) is 0. The zero-order valence-corrected chi connectivity index (χ0v) is 18.2. The van der Waals surface area contributed by atoms with Crippen molar-refractivity contribution in [3.8, 4) is 11.5 Å². The first kappa shape index (κ1) is 19.1. The predicted molar refractivity (Wildman–Crippen MR) is 113 cm³/mol. The van der Waals surface area contributed by atoms with Crippen molar-refractivity contribution in [1.29, 1.82) is 0 Å². The summed E-state index contributed by atoms with van der Waals surface area (Å²) in [5, 5.41) is 21.6. The third-order valence-corrected chi connectivity index (χ3v) is 6.99. The normalized spacial score (nSPS) is 21.2. The van der Waals surface area contributed by atoms with Crippen LogP contribution in [0.4, 0.5) is 0 Å². The van der Waals surface area contributed by atoms with Gasteiger partial charge in [0.1, 0.15) is 11.5 Å². The van der Waals surface area contributed by atoms with Crippen LogP contribution in [0.1, 0.15) is 57.1 Å². The van der Waals surface area contributed by atoms with Gasteiger partial charge in [-0.05, 0) is 89.8 Å². The lowest BCUT2D eigenvalue weighted by molar-refractivity contribution is 0.402. The van der Waals surface area contributed by atoms with E-state index in [2.05, 4.69) is 71.7 Å². The van der Waals surface area contributed by atoms with Crippen LogP contribution in [0.5, 0.6) is 11.5 Å². The van der Waals surface area contributed by atoms with E-state index in [1.807, 2.05) is 6.92 Å². The molecule has 23 heavy (non-hydrogen) atoms. The van der Waals surface area contributed by atoms with Gasteiger partial charge in [-0.15, -0.1) is 0 Å². The zero-order valence-electron chi connectivity index (χ0n) is 13.9. The maximum Gasteiger partial charge on any atom is 0.136 e. The van der Waals surface area contributed by atoms with Crippen molar-refractivity contribution in [2.75, 3.05) is 0 Å². The molecule has 0 spiro atoms. The summed E-state index contributed by atoms with van der Waals surface area (Å²) in [6.07, 6.45) is 6.12. The number of allylic oxidation sites excluding steroid dienone is 3. The van der Waals surface area contributed by atoms with E-state index in [4.69, 9.17) is 0 Å². The fraction of sp³-hybridized carbons (Fsp3) is 0.474. The molecule has 4 heteroatoms. The van der Waals surface area contributed by atoms with Crippen LogP contribution >= 0.6 is 45.2 Å². The van der Waals surface area contributed by atoms with Crippen LogP contribution in [0.3, 0.4) is 0 Å². The standard InChI is InChI=1S/C19H24I2O2/c1-5-6-13-16(20)18(22)15(19(23)17(13)21)14-9-11(4)7-8-12(14)10(2)3/h9,12,14,22-23H,2,5-8H2,1,3-4H3/t12-,14+/m0/s1. The highest BCUT2D eigenvalue weighted by Gasteiger charge is 2.32.